The van der Waals surface area contributed by atoms with Crippen molar-refractivity contribution in [3.8, 4) is 0 Å². The molecule has 2 amide bonds. The van der Waals surface area contributed by atoms with Crippen LogP contribution in [-0.4, -0.2) is 41.1 Å². The number of hydrogen-bond donors (Lipinski definition) is 1. The first-order chi connectivity index (χ1) is 7.12. The van der Waals surface area contributed by atoms with Crippen molar-refractivity contribution >= 4 is 12.0 Å². The fraction of sp³-hybridized carbons (Fsp3) is 0.818. The van der Waals surface area contributed by atoms with Gasteiger partial charge in [-0.05, 0) is 34.6 Å². The van der Waals surface area contributed by atoms with E-state index in [4.69, 9.17) is 4.74 Å². The van der Waals surface area contributed by atoms with Crippen LogP contribution < -0.4 is 5.32 Å². The molecule has 1 fully saturated rings. The first kappa shape index (κ1) is 12.8. The molecule has 0 bridgehead atoms. The van der Waals surface area contributed by atoms with E-state index in [0.717, 1.165) is 0 Å². The molecule has 0 unspecified atom stereocenters. The Kier molecular flexibility index (Phi) is 3.17. The number of nitrogens with one attached hydrogen (secondary N) is 1. The van der Waals surface area contributed by atoms with Gasteiger partial charge in [0.1, 0.15) is 12.1 Å². The predicted octanol–water partition coefficient (Wildman–Crippen LogP) is 1.13. The normalized spacial score (nSPS) is 20.3. The molecule has 1 N–H and O–H groups in total. The zero-order chi connectivity index (χ0) is 12.6. The van der Waals surface area contributed by atoms with Gasteiger partial charge in [0.2, 0.25) is 5.91 Å². The van der Waals surface area contributed by atoms with E-state index in [-0.39, 0.29) is 12.5 Å². The minimum Gasteiger partial charge on any atom is -0.444 e. The Hall–Kier alpha value is -1.26. The van der Waals surface area contributed by atoms with Crippen LogP contribution in [0.5, 0.6) is 0 Å². The fourth-order valence-corrected chi connectivity index (χ4v) is 1.45. The van der Waals surface area contributed by atoms with Crippen molar-refractivity contribution in [3.05, 3.63) is 0 Å². The Morgan fingerprint density at radius 3 is 2.50 bits per heavy atom. The average molecular weight is 228 g/mol. The van der Waals surface area contributed by atoms with E-state index in [2.05, 4.69) is 5.32 Å². The van der Waals surface area contributed by atoms with Gasteiger partial charge in [0, 0.05) is 6.54 Å². The molecule has 0 aromatic heterocycles. The molecule has 16 heavy (non-hydrogen) atoms. The van der Waals surface area contributed by atoms with Crippen LogP contribution >= 0.6 is 0 Å². The van der Waals surface area contributed by atoms with Crippen LogP contribution in [-0.2, 0) is 9.53 Å². The summed E-state index contributed by atoms with van der Waals surface area (Å²) < 4.78 is 5.27. The number of hydrogen-bond acceptors (Lipinski definition) is 3. The standard InChI is InChI=1S/C11H20N2O3/c1-10(2,3)16-9(15)13-6-8(14)12-7-11(13,4)5/h6-7H2,1-5H3,(H,12,14). The summed E-state index contributed by atoms with van der Waals surface area (Å²) in [6.45, 7) is 9.73. The summed E-state index contributed by atoms with van der Waals surface area (Å²) in [4.78, 5) is 24.6. The van der Waals surface area contributed by atoms with E-state index >= 15 is 0 Å². The number of nitrogens with zero attached hydrogens (tertiary/aromatic N) is 1. The molecule has 1 heterocycles. The topological polar surface area (TPSA) is 58.6 Å². The van der Waals surface area contributed by atoms with Crippen molar-refractivity contribution in [1.82, 2.24) is 10.2 Å². The summed E-state index contributed by atoms with van der Waals surface area (Å²) in [5.74, 6) is -0.148. The third kappa shape index (κ3) is 3.12. The molecule has 92 valence electrons. The molecular weight excluding hydrogens is 208 g/mol. The Balaban J connectivity index is 2.76. The lowest BCUT2D eigenvalue weighted by molar-refractivity contribution is -0.127. The Morgan fingerprint density at radius 1 is 1.44 bits per heavy atom. The van der Waals surface area contributed by atoms with Gasteiger partial charge < -0.3 is 10.1 Å². The van der Waals surface area contributed by atoms with Gasteiger partial charge in [-0.25, -0.2) is 4.79 Å². The lowest BCUT2D eigenvalue weighted by Gasteiger charge is -2.42. The second kappa shape index (κ2) is 3.96. The molecule has 1 aliphatic rings. The quantitative estimate of drug-likeness (QED) is 0.676. The lowest BCUT2D eigenvalue weighted by Crippen LogP contribution is -2.62. The van der Waals surface area contributed by atoms with Gasteiger partial charge in [-0.3, -0.25) is 9.69 Å². The van der Waals surface area contributed by atoms with Crippen molar-refractivity contribution in [1.29, 1.82) is 0 Å². The predicted molar refractivity (Wildman–Crippen MR) is 60.0 cm³/mol. The van der Waals surface area contributed by atoms with Crippen LogP contribution in [0.15, 0.2) is 0 Å². The van der Waals surface area contributed by atoms with Gasteiger partial charge in [0.15, 0.2) is 0 Å². The highest BCUT2D eigenvalue weighted by molar-refractivity contribution is 5.84. The maximum atomic E-state index is 11.9. The van der Waals surface area contributed by atoms with Crippen molar-refractivity contribution in [2.75, 3.05) is 13.1 Å². The zero-order valence-electron chi connectivity index (χ0n) is 10.6. The SMILES string of the molecule is CC(C)(C)OC(=O)N1CC(=O)NCC1(C)C. The van der Waals surface area contributed by atoms with Crippen LogP contribution in [0.2, 0.25) is 0 Å². The molecule has 0 aliphatic carbocycles. The van der Waals surface area contributed by atoms with Crippen LogP contribution in [0.3, 0.4) is 0 Å². The highest BCUT2D eigenvalue weighted by Gasteiger charge is 2.38. The Bertz CT molecular complexity index is 305. The molecule has 0 spiro atoms. The van der Waals surface area contributed by atoms with E-state index in [1.165, 1.54) is 4.90 Å². The van der Waals surface area contributed by atoms with Crippen molar-refractivity contribution < 1.29 is 14.3 Å². The van der Waals surface area contributed by atoms with Crippen LogP contribution in [0.4, 0.5) is 4.79 Å². The number of piperazine rings is 1. The number of carbonyl (C=O) groups excluding carboxylic acids is 2. The molecule has 0 saturated carbocycles. The summed E-state index contributed by atoms with van der Waals surface area (Å²) >= 11 is 0. The van der Waals surface area contributed by atoms with Crippen molar-refractivity contribution in [2.24, 2.45) is 0 Å². The smallest absolute Gasteiger partial charge is 0.411 e. The molecule has 0 radical (unpaired) electrons. The molecule has 1 saturated heterocycles. The van der Waals surface area contributed by atoms with E-state index in [1.807, 2.05) is 34.6 Å². The molecule has 5 nitrogen and oxygen atoms in total. The molecule has 0 aromatic rings. The molecule has 1 aliphatic heterocycles. The minimum absolute atomic E-state index is 0.0575. The summed E-state index contributed by atoms with van der Waals surface area (Å²) in [5, 5.41) is 2.73. The number of carbonyl (C=O) groups is 2. The summed E-state index contributed by atoms with van der Waals surface area (Å²) in [6, 6.07) is 0. The molecule has 5 heteroatoms. The zero-order valence-corrected chi connectivity index (χ0v) is 10.6. The van der Waals surface area contributed by atoms with E-state index in [0.29, 0.717) is 6.54 Å². The van der Waals surface area contributed by atoms with E-state index < -0.39 is 17.2 Å². The van der Waals surface area contributed by atoms with Gasteiger partial charge in [0.25, 0.3) is 0 Å². The highest BCUT2D eigenvalue weighted by atomic mass is 16.6. The summed E-state index contributed by atoms with van der Waals surface area (Å²) in [6.07, 6.45) is -0.438. The number of ether oxygens (including phenoxy) is 1. The van der Waals surface area contributed by atoms with E-state index in [1.54, 1.807) is 0 Å². The van der Waals surface area contributed by atoms with Crippen LogP contribution in [0, 0.1) is 0 Å². The second-order valence-corrected chi connectivity index (χ2v) is 5.66. The minimum atomic E-state index is -0.541. The van der Waals surface area contributed by atoms with Crippen molar-refractivity contribution in [2.45, 2.75) is 45.8 Å². The maximum Gasteiger partial charge on any atom is 0.411 e. The van der Waals surface area contributed by atoms with Gasteiger partial charge >= 0.3 is 6.09 Å². The summed E-state index contributed by atoms with van der Waals surface area (Å²) in [5.41, 5.74) is -0.947. The monoisotopic (exact) mass is 228 g/mol. The third-order valence-corrected chi connectivity index (χ3v) is 2.36. The first-order valence-electron chi connectivity index (χ1n) is 5.39. The summed E-state index contributed by atoms with van der Waals surface area (Å²) in [7, 11) is 0. The first-order valence-corrected chi connectivity index (χ1v) is 5.39. The Labute approximate surface area is 96.1 Å². The number of amides is 2. The molecule has 0 atom stereocenters. The van der Waals surface area contributed by atoms with Crippen LogP contribution in [0.1, 0.15) is 34.6 Å². The average Bonchev–Trinajstić information content (AvgIpc) is 2.06. The molecule has 0 aromatic carbocycles. The second-order valence-electron chi connectivity index (χ2n) is 5.66. The Morgan fingerprint density at radius 2 is 2.00 bits per heavy atom. The molecule has 1 rings (SSSR count). The van der Waals surface area contributed by atoms with E-state index in [9.17, 15) is 9.59 Å². The number of rotatable bonds is 0. The highest BCUT2D eigenvalue weighted by Crippen LogP contribution is 2.20. The van der Waals surface area contributed by atoms with Gasteiger partial charge in [-0.2, -0.15) is 0 Å². The lowest BCUT2D eigenvalue weighted by atomic mass is 10.0. The maximum absolute atomic E-state index is 11.9. The van der Waals surface area contributed by atoms with Gasteiger partial charge in [-0.15, -0.1) is 0 Å². The van der Waals surface area contributed by atoms with Crippen LogP contribution in [0.25, 0.3) is 0 Å². The van der Waals surface area contributed by atoms with Gasteiger partial charge in [-0.1, -0.05) is 0 Å². The molecular formula is C11H20N2O3. The van der Waals surface area contributed by atoms with Crippen molar-refractivity contribution in [3.63, 3.8) is 0 Å². The van der Waals surface area contributed by atoms with Gasteiger partial charge in [0.05, 0.1) is 5.54 Å². The fourth-order valence-electron chi connectivity index (χ4n) is 1.45. The largest absolute Gasteiger partial charge is 0.444 e. The third-order valence-electron chi connectivity index (χ3n) is 2.36.